The van der Waals surface area contributed by atoms with E-state index in [1.165, 1.54) is 6.92 Å². The highest BCUT2D eigenvalue weighted by Gasteiger charge is 2.20. The molecule has 0 aliphatic carbocycles. The first-order chi connectivity index (χ1) is 6.39. The second-order valence-electron chi connectivity index (χ2n) is 2.30. The number of hydrogen-bond acceptors (Lipinski definition) is 6. The first-order valence-electron chi connectivity index (χ1n) is 3.52. The van der Waals surface area contributed by atoms with Gasteiger partial charge in [-0.3, -0.25) is 4.52 Å². The van der Waals surface area contributed by atoms with Gasteiger partial charge in [0.1, 0.15) is 6.61 Å². The van der Waals surface area contributed by atoms with Crippen LogP contribution in [0.3, 0.4) is 0 Å². The van der Waals surface area contributed by atoms with Crippen LogP contribution in [-0.2, 0) is 23.3 Å². The average Bonchev–Trinajstić information content (AvgIpc) is 2.12. The summed E-state index contributed by atoms with van der Waals surface area (Å²) in [6, 6.07) is 0. The number of hydrogen-bond donors (Lipinski definition) is 2. The molecule has 14 heavy (non-hydrogen) atoms. The third-order valence-electron chi connectivity index (χ3n) is 1.02. The van der Waals surface area contributed by atoms with E-state index in [2.05, 4.69) is 20.5 Å². The van der Waals surface area contributed by atoms with Crippen LogP contribution in [0, 0.1) is 0 Å². The van der Waals surface area contributed by atoms with Crippen LogP contribution in [0.2, 0.25) is 0 Å². The highest BCUT2D eigenvalue weighted by molar-refractivity contribution is 7.47. The Morgan fingerprint density at radius 3 is 2.50 bits per heavy atom. The Morgan fingerprint density at radius 1 is 1.50 bits per heavy atom. The molecule has 0 saturated heterocycles. The molecule has 0 aromatic rings. The minimum atomic E-state index is -4.42. The molecule has 0 aliphatic heterocycles. The van der Waals surface area contributed by atoms with Crippen molar-refractivity contribution in [2.45, 2.75) is 6.92 Å². The Bertz CT molecular complexity index is 261. The van der Waals surface area contributed by atoms with E-state index in [0.29, 0.717) is 0 Å². The number of phosphoric ester groups is 1. The van der Waals surface area contributed by atoms with E-state index < -0.39 is 13.8 Å². The van der Waals surface area contributed by atoms with E-state index in [1.807, 2.05) is 0 Å². The van der Waals surface area contributed by atoms with E-state index in [1.54, 1.807) is 0 Å². The van der Waals surface area contributed by atoms with Crippen LogP contribution in [-0.4, -0.2) is 29.3 Å². The van der Waals surface area contributed by atoms with E-state index >= 15 is 0 Å². The summed E-state index contributed by atoms with van der Waals surface area (Å²) < 4.78 is 22.2. The van der Waals surface area contributed by atoms with Crippen molar-refractivity contribution in [2.75, 3.05) is 13.2 Å². The Hall–Kier alpha value is -0.720. The standard InChI is InChI=1S/C6H11O7P/c1-5(2)6(7)11-3-4-12-14(9,10)13-8/h8H,1,3-4H2,2H3,(H,9,10). The van der Waals surface area contributed by atoms with Gasteiger partial charge in [0.25, 0.3) is 0 Å². The molecule has 0 saturated carbocycles. The van der Waals surface area contributed by atoms with Gasteiger partial charge in [0.2, 0.25) is 0 Å². The van der Waals surface area contributed by atoms with Crippen molar-refractivity contribution in [2.24, 2.45) is 0 Å². The van der Waals surface area contributed by atoms with Gasteiger partial charge in [0.05, 0.1) is 6.61 Å². The summed E-state index contributed by atoms with van der Waals surface area (Å²) in [4.78, 5) is 19.2. The zero-order valence-electron chi connectivity index (χ0n) is 7.50. The maximum absolute atomic E-state index is 10.7. The molecule has 0 aliphatic rings. The van der Waals surface area contributed by atoms with Crippen LogP contribution in [0.15, 0.2) is 12.2 Å². The number of esters is 1. The normalized spacial score (nSPS) is 14.5. The van der Waals surface area contributed by atoms with E-state index in [-0.39, 0.29) is 18.8 Å². The SMILES string of the molecule is C=C(C)C(=O)OCCOP(=O)(O)OO. The number of carbonyl (C=O) groups excluding carboxylic acids is 1. The molecule has 0 radical (unpaired) electrons. The van der Waals surface area contributed by atoms with Crippen molar-refractivity contribution in [1.82, 2.24) is 0 Å². The fourth-order valence-corrected chi connectivity index (χ4v) is 0.786. The van der Waals surface area contributed by atoms with Gasteiger partial charge in [-0.25, -0.2) is 14.6 Å². The minimum absolute atomic E-state index is 0.204. The second kappa shape index (κ2) is 5.90. The molecule has 0 amide bonds. The summed E-state index contributed by atoms with van der Waals surface area (Å²) in [5, 5.41) is 7.83. The summed E-state index contributed by atoms with van der Waals surface area (Å²) in [5.41, 5.74) is 0.204. The molecule has 0 aromatic heterocycles. The highest BCUT2D eigenvalue weighted by Crippen LogP contribution is 2.41. The first kappa shape index (κ1) is 13.3. The fraction of sp³-hybridized carbons (Fsp3) is 0.500. The smallest absolute Gasteiger partial charge is 0.460 e. The summed E-state index contributed by atoms with van der Waals surface area (Å²) in [5.74, 6) is -0.633. The van der Waals surface area contributed by atoms with Gasteiger partial charge in [0.15, 0.2) is 0 Å². The minimum Gasteiger partial charge on any atom is -0.460 e. The van der Waals surface area contributed by atoms with E-state index in [4.69, 9.17) is 10.2 Å². The third kappa shape index (κ3) is 5.85. The Labute approximate surface area is 80.4 Å². The van der Waals surface area contributed by atoms with Gasteiger partial charge in [-0.15, -0.1) is 4.67 Å². The van der Waals surface area contributed by atoms with Crippen LogP contribution in [0.25, 0.3) is 0 Å². The van der Waals surface area contributed by atoms with Crippen molar-refractivity contribution >= 4 is 13.8 Å². The first-order valence-corrected chi connectivity index (χ1v) is 5.01. The molecule has 0 aromatic carbocycles. The summed E-state index contributed by atoms with van der Waals surface area (Å²) in [6.07, 6.45) is 0. The number of phosphoric acid groups is 1. The largest absolute Gasteiger partial charge is 0.499 e. The lowest BCUT2D eigenvalue weighted by molar-refractivity contribution is -0.163. The molecule has 1 atom stereocenters. The Balaban J connectivity index is 3.62. The zero-order valence-corrected chi connectivity index (χ0v) is 8.40. The second-order valence-corrected chi connectivity index (χ2v) is 3.66. The van der Waals surface area contributed by atoms with Gasteiger partial charge in [-0.05, 0) is 6.92 Å². The molecule has 82 valence electrons. The Kier molecular flexibility index (Phi) is 5.59. The molecule has 7 nitrogen and oxygen atoms in total. The lowest BCUT2D eigenvalue weighted by atomic mass is 10.4. The van der Waals surface area contributed by atoms with Crippen LogP contribution >= 0.6 is 7.82 Å². The monoisotopic (exact) mass is 226 g/mol. The predicted octanol–water partition coefficient (Wildman–Crippen LogP) is 0.712. The number of ether oxygens (including phenoxy) is 1. The predicted molar refractivity (Wildman–Crippen MR) is 45.3 cm³/mol. The van der Waals surface area contributed by atoms with Gasteiger partial charge in [-0.2, -0.15) is 0 Å². The van der Waals surface area contributed by atoms with Crippen LogP contribution < -0.4 is 0 Å². The van der Waals surface area contributed by atoms with Crippen LogP contribution in [0.1, 0.15) is 6.92 Å². The number of rotatable bonds is 6. The van der Waals surface area contributed by atoms with Gasteiger partial charge in [0, 0.05) is 5.57 Å². The maximum Gasteiger partial charge on any atom is 0.499 e. The fourth-order valence-electron chi connectivity index (χ4n) is 0.434. The summed E-state index contributed by atoms with van der Waals surface area (Å²) in [7, 11) is -4.42. The van der Waals surface area contributed by atoms with Crippen LogP contribution in [0.4, 0.5) is 0 Å². The third-order valence-corrected chi connectivity index (χ3v) is 1.74. The molecular formula is C6H11O7P. The quantitative estimate of drug-likeness (QED) is 0.172. The molecular weight excluding hydrogens is 215 g/mol. The zero-order chi connectivity index (χ0) is 11.2. The summed E-state index contributed by atoms with van der Waals surface area (Å²) in [6.45, 7) is 4.17. The maximum atomic E-state index is 10.7. The van der Waals surface area contributed by atoms with Gasteiger partial charge >= 0.3 is 13.8 Å². The Morgan fingerprint density at radius 2 is 2.07 bits per heavy atom. The van der Waals surface area contributed by atoms with Crippen molar-refractivity contribution in [3.63, 3.8) is 0 Å². The van der Waals surface area contributed by atoms with Crippen molar-refractivity contribution in [3.05, 3.63) is 12.2 Å². The van der Waals surface area contributed by atoms with Crippen LogP contribution in [0.5, 0.6) is 0 Å². The molecule has 8 heteroatoms. The number of carbonyl (C=O) groups is 1. The molecule has 0 rings (SSSR count). The topological polar surface area (TPSA) is 102 Å². The molecule has 2 N–H and O–H groups in total. The summed E-state index contributed by atoms with van der Waals surface area (Å²) >= 11 is 0. The molecule has 0 bridgehead atoms. The van der Waals surface area contributed by atoms with Crippen molar-refractivity contribution < 1.29 is 33.4 Å². The molecule has 1 unspecified atom stereocenters. The lowest BCUT2D eigenvalue weighted by Gasteiger charge is -2.07. The molecule has 0 spiro atoms. The van der Waals surface area contributed by atoms with Crippen molar-refractivity contribution in [1.29, 1.82) is 0 Å². The van der Waals surface area contributed by atoms with Crippen molar-refractivity contribution in [3.8, 4) is 0 Å². The van der Waals surface area contributed by atoms with Gasteiger partial charge in [-0.1, -0.05) is 6.58 Å². The average molecular weight is 226 g/mol. The molecule has 0 heterocycles. The van der Waals surface area contributed by atoms with E-state index in [0.717, 1.165) is 0 Å². The highest BCUT2D eigenvalue weighted by atomic mass is 31.2. The molecule has 0 fully saturated rings. The van der Waals surface area contributed by atoms with Gasteiger partial charge < -0.3 is 9.63 Å². The van der Waals surface area contributed by atoms with E-state index in [9.17, 15) is 9.36 Å². The lowest BCUT2D eigenvalue weighted by Crippen LogP contribution is -2.10.